The molecule has 0 bridgehead atoms. The fraction of sp³-hybridized carbons (Fsp3) is 0.333. The van der Waals surface area contributed by atoms with Gasteiger partial charge in [0.1, 0.15) is 0 Å². The second-order valence-electron chi connectivity index (χ2n) is 7.34. The molecule has 0 radical (unpaired) electrons. The monoisotopic (exact) mass is 410 g/mol. The van der Waals surface area contributed by atoms with E-state index < -0.39 is 0 Å². The summed E-state index contributed by atoms with van der Waals surface area (Å²) in [5.74, 6) is -0.579. The number of para-hydroxylation sites is 1. The topological polar surface area (TPSA) is 40.6 Å². The molecule has 4 atom stereocenters. The van der Waals surface area contributed by atoms with Crippen molar-refractivity contribution in [1.29, 1.82) is 0 Å². The molecule has 5 rings (SSSR count). The van der Waals surface area contributed by atoms with E-state index in [9.17, 15) is 9.59 Å². The zero-order chi connectivity index (χ0) is 17.8. The van der Waals surface area contributed by atoms with Crippen molar-refractivity contribution in [3.8, 4) is 0 Å². The van der Waals surface area contributed by atoms with Crippen LogP contribution in [0, 0.1) is 11.8 Å². The van der Waals surface area contributed by atoms with E-state index >= 15 is 0 Å². The molecular weight excluding hydrogens is 392 g/mol. The molecule has 132 valence electrons. The number of rotatable bonds is 2. The summed E-state index contributed by atoms with van der Waals surface area (Å²) < 4.78 is 1.02. The van der Waals surface area contributed by atoms with Gasteiger partial charge in [0.2, 0.25) is 11.8 Å². The second-order valence-corrected chi connectivity index (χ2v) is 8.26. The Morgan fingerprint density at radius 1 is 0.885 bits per heavy atom. The Bertz CT molecular complexity index is 867. The van der Waals surface area contributed by atoms with E-state index in [4.69, 9.17) is 0 Å². The van der Waals surface area contributed by atoms with Crippen LogP contribution in [0.15, 0.2) is 59.1 Å². The van der Waals surface area contributed by atoms with E-state index in [2.05, 4.69) is 33.0 Å². The van der Waals surface area contributed by atoms with Crippen molar-refractivity contribution >= 4 is 33.4 Å². The predicted molar refractivity (Wildman–Crippen MR) is 103 cm³/mol. The van der Waals surface area contributed by atoms with Gasteiger partial charge in [0, 0.05) is 16.6 Å². The van der Waals surface area contributed by atoms with Crippen molar-refractivity contribution in [2.45, 2.75) is 24.9 Å². The van der Waals surface area contributed by atoms with Gasteiger partial charge in [-0.25, -0.2) is 4.90 Å². The zero-order valence-corrected chi connectivity index (χ0v) is 15.8. The second kappa shape index (κ2) is 6.03. The van der Waals surface area contributed by atoms with Gasteiger partial charge in [0.25, 0.3) is 0 Å². The average molecular weight is 411 g/mol. The summed E-state index contributed by atoms with van der Waals surface area (Å²) in [7, 11) is 0. The third kappa shape index (κ3) is 2.23. The summed E-state index contributed by atoms with van der Waals surface area (Å²) >= 11 is 3.49. The molecule has 3 fully saturated rings. The number of benzene rings is 2. The van der Waals surface area contributed by atoms with Gasteiger partial charge in [-0.3, -0.25) is 14.5 Å². The minimum atomic E-state index is -0.283. The van der Waals surface area contributed by atoms with Crippen LogP contribution in [0.25, 0.3) is 0 Å². The predicted octanol–water partition coefficient (Wildman–Crippen LogP) is 3.77. The molecule has 0 N–H and O–H groups in total. The van der Waals surface area contributed by atoms with Crippen LogP contribution >= 0.6 is 15.9 Å². The zero-order valence-electron chi connectivity index (χ0n) is 14.2. The number of halogens is 1. The van der Waals surface area contributed by atoms with Crippen LogP contribution < -0.4 is 4.90 Å². The van der Waals surface area contributed by atoms with Gasteiger partial charge in [0.15, 0.2) is 0 Å². The highest BCUT2D eigenvalue weighted by atomic mass is 79.9. The molecule has 5 heteroatoms. The SMILES string of the molecule is O=C1[C@@H]2[C@H](C(=O)N1c1ccccc1)[C@@H](c1ccc(Br)cc1)N1CCC[C@@H]21. The maximum absolute atomic E-state index is 13.3. The van der Waals surface area contributed by atoms with Gasteiger partial charge in [-0.1, -0.05) is 46.3 Å². The molecule has 3 aliphatic heterocycles. The maximum Gasteiger partial charge on any atom is 0.239 e. The van der Waals surface area contributed by atoms with Crippen LogP contribution in [0.3, 0.4) is 0 Å². The summed E-state index contributed by atoms with van der Waals surface area (Å²) in [4.78, 5) is 30.4. The molecule has 0 spiro atoms. The van der Waals surface area contributed by atoms with Gasteiger partial charge < -0.3 is 0 Å². The number of anilines is 1. The highest BCUT2D eigenvalue weighted by Crippen LogP contribution is 2.53. The number of carbonyl (C=O) groups is 2. The van der Waals surface area contributed by atoms with Crippen LogP contribution in [0.1, 0.15) is 24.4 Å². The average Bonchev–Trinajstić information content (AvgIpc) is 3.29. The maximum atomic E-state index is 13.3. The lowest BCUT2D eigenvalue weighted by atomic mass is 9.85. The largest absolute Gasteiger partial charge is 0.292 e. The molecule has 2 aromatic carbocycles. The number of imide groups is 1. The molecule has 2 amide bonds. The Morgan fingerprint density at radius 2 is 1.58 bits per heavy atom. The van der Waals surface area contributed by atoms with Gasteiger partial charge in [0.05, 0.1) is 17.5 Å². The Kier molecular flexibility index (Phi) is 3.76. The summed E-state index contributed by atoms with van der Waals surface area (Å²) in [5, 5.41) is 0. The van der Waals surface area contributed by atoms with E-state index in [-0.39, 0.29) is 35.7 Å². The molecule has 0 aromatic heterocycles. The van der Waals surface area contributed by atoms with E-state index in [0.29, 0.717) is 5.69 Å². The lowest BCUT2D eigenvalue weighted by Gasteiger charge is -2.28. The van der Waals surface area contributed by atoms with Crippen molar-refractivity contribution in [3.63, 3.8) is 0 Å². The first-order chi connectivity index (χ1) is 12.7. The van der Waals surface area contributed by atoms with Crippen molar-refractivity contribution in [2.75, 3.05) is 11.4 Å². The molecule has 0 saturated carbocycles. The highest BCUT2D eigenvalue weighted by Gasteiger charge is 2.63. The molecule has 26 heavy (non-hydrogen) atoms. The fourth-order valence-electron chi connectivity index (χ4n) is 5.09. The van der Waals surface area contributed by atoms with Gasteiger partial charge >= 0.3 is 0 Å². The summed E-state index contributed by atoms with van der Waals surface area (Å²) in [6.45, 7) is 0.963. The lowest BCUT2D eigenvalue weighted by Crippen LogP contribution is -2.39. The number of carbonyl (C=O) groups excluding carboxylic acids is 2. The third-order valence-electron chi connectivity index (χ3n) is 6.08. The van der Waals surface area contributed by atoms with E-state index in [1.54, 1.807) is 0 Å². The minimum Gasteiger partial charge on any atom is -0.292 e. The van der Waals surface area contributed by atoms with Gasteiger partial charge in [-0.15, -0.1) is 0 Å². The Labute approximate surface area is 160 Å². The van der Waals surface area contributed by atoms with E-state index in [0.717, 1.165) is 29.4 Å². The third-order valence-corrected chi connectivity index (χ3v) is 6.61. The van der Waals surface area contributed by atoms with Gasteiger partial charge in [-0.05, 0) is 49.2 Å². The quantitative estimate of drug-likeness (QED) is 0.707. The minimum absolute atomic E-state index is 0.00855. The number of hydrogen-bond donors (Lipinski definition) is 0. The Hall–Kier alpha value is -1.98. The first-order valence-electron chi connectivity index (χ1n) is 9.11. The number of amides is 2. The summed E-state index contributed by atoms with van der Waals surface area (Å²) in [5.41, 5.74) is 1.82. The summed E-state index contributed by atoms with van der Waals surface area (Å²) in [6, 6.07) is 17.7. The highest BCUT2D eigenvalue weighted by molar-refractivity contribution is 9.10. The molecular formula is C21H19BrN2O2. The van der Waals surface area contributed by atoms with Crippen molar-refractivity contribution in [3.05, 3.63) is 64.6 Å². The first-order valence-corrected chi connectivity index (χ1v) is 9.90. The molecule has 4 nitrogen and oxygen atoms in total. The lowest BCUT2D eigenvalue weighted by molar-refractivity contribution is -0.123. The number of nitrogens with zero attached hydrogens (tertiary/aromatic N) is 2. The van der Waals surface area contributed by atoms with Crippen LogP contribution in [0.4, 0.5) is 5.69 Å². The van der Waals surface area contributed by atoms with E-state index in [1.165, 1.54) is 4.90 Å². The van der Waals surface area contributed by atoms with Crippen LogP contribution in [-0.4, -0.2) is 29.3 Å². The molecule has 0 aliphatic carbocycles. The van der Waals surface area contributed by atoms with Crippen LogP contribution in [0.5, 0.6) is 0 Å². The molecule has 3 heterocycles. The van der Waals surface area contributed by atoms with Crippen LogP contribution in [0.2, 0.25) is 0 Å². The first kappa shape index (κ1) is 16.2. The Balaban J connectivity index is 1.59. The van der Waals surface area contributed by atoms with Crippen molar-refractivity contribution in [1.82, 2.24) is 4.90 Å². The normalized spacial score (nSPS) is 30.7. The standard InChI is InChI=1S/C21H19BrN2O2/c22-14-10-8-13(9-11-14)19-18-17(16-7-4-12-23(16)19)20(25)24(21(18)26)15-5-2-1-3-6-15/h1-3,5-6,8-11,16-19H,4,7,12H2/t16-,17-,18-,19+/m0/s1. The number of fused-ring (bicyclic) bond motifs is 3. The van der Waals surface area contributed by atoms with Crippen molar-refractivity contribution in [2.24, 2.45) is 11.8 Å². The molecule has 3 saturated heterocycles. The molecule has 2 aromatic rings. The van der Waals surface area contributed by atoms with Crippen LogP contribution in [-0.2, 0) is 9.59 Å². The smallest absolute Gasteiger partial charge is 0.239 e. The molecule has 3 aliphatic rings. The van der Waals surface area contributed by atoms with Crippen molar-refractivity contribution < 1.29 is 9.59 Å². The number of hydrogen-bond acceptors (Lipinski definition) is 3. The fourth-order valence-corrected chi connectivity index (χ4v) is 5.36. The van der Waals surface area contributed by atoms with E-state index in [1.807, 2.05) is 42.5 Å². The Morgan fingerprint density at radius 3 is 2.31 bits per heavy atom. The summed E-state index contributed by atoms with van der Waals surface area (Å²) in [6.07, 6.45) is 2.09. The molecule has 0 unspecified atom stereocenters. The van der Waals surface area contributed by atoms with Gasteiger partial charge in [-0.2, -0.15) is 0 Å².